The summed E-state index contributed by atoms with van der Waals surface area (Å²) in [6.45, 7) is 0. The van der Waals surface area contributed by atoms with Gasteiger partial charge in [-0.25, -0.2) is 9.97 Å². The van der Waals surface area contributed by atoms with Crippen molar-refractivity contribution in [2.24, 2.45) is 0 Å². The summed E-state index contributed by atoms with van der Waals surface area (Å²) in [6.07, 6.45) is 1.62. The predicted molar refractivity (Wildman–Crippen MR) is 205 cm³/mol. The van der Waals surface area contributed by atoms with Gasteiger partial charge in [0.05, 0.1) is 11.0 Å². The molecule has 10 aromatic rings. The second-order valence-corrected chi connectivity index (χ2v) is 12.7. The molecule has 50 heavy (non-hydrogen) atoms. The molecule has 0 atom stereocenters. The highest BCUT2D eigenvalue weighted by atomic mass is 16.3. The van der Waals surface area contributed by atoms with Crippen molar-refractivity contribution in [3.05, 3.63) is 176 Å². The van der Waals surface area contributed by atoms with Gasteiger partial charge >= 0.3 is 0 Å². The van der Waals surface area contributed by atoms with Gasteiger partial charge in [0.25, 0.3) is 0 Å². The number of furan rings is 1. The van der Waals surface area contributed by atoms with Crippen molar-refractivity contribution in [1.82, 2.24) is 14.5 Å². The van der Waals surface area contributed by atoms with Crippen LogP contribution in [0.1, 0.15) is 0 Å². The predicted octanol–water partition coefficient (Wildman–Crippen LogP) is 12.1. The summed E-state index contributed by atoms with van der Waals surface area (Å²) >= 11 is 0. The minimum Gasteiger partial charge on any atom is -0.452 e. The van der Waals surface area contributed by atoms with E-state index in [0.29, 0.717) is 5.58 Å². The van der Waals surface area contributed by atoms with Gasteiger partial charge in [-0.15, -0.1) is 0 Å². The molecular weight excluding hydrogens is 611 g/mol. The van der Waals surface area contributed by atoms with E-state index in [0.717, 1.165) is 44.6 Å². The molecule has 234 valence electrons. The summed E-state index contributed by atoms with van der Waals surface area (Å²) in [5.74, 6) is 0. The molecule has 0 fully saturated rings. The van der Waals surface area contributed by atoms with Crippen molar-refractivity contribution >= 4 is 43.9 Å². The van der Waals surface area contributed by atoms with E-state index in [-0.39, 0.29) is 0 Å². The molecule has 0 N–H and O–H groups in total. The van der Waals surface area contributed by atoms with Gasteiger partial charge in [0.15, 0.2) is 5.58 Å². The fourth-order valence-corrected chi connectivity index (χ4v) is 7.31. The SMILES string of the molecule is c1cc(-c2ccc(-c3cccc(-c4ncnc5c4oc4ccccc45)c3)cc2)cc(-c2ccc(-n3c4ccccc4c4ccccc43)cc2)c1. The fourth-order valence-electron chi connectivity index (χ4n) is 7.31. The Hall–Kier alpha value is -6.78. The van der Waals surface area contributed by atoms with Crippen LogP contribution in [-0.2, 0) is 0 Å². The van der Waals surface area contributed by atoms with E-state index in [9.17, 15) is 0 Å². The summed E-state index contributed by atoms with van der Waals surface area (Å²) in [5, 5.41) is 3.54. The summed E-state index contributed by atoms with van der Waals surface area (Å²) in [6, 6.07) is 60.2. The Morgan fingerprint density at radius 2 is 0.900 bits per heavy atom. The maximum absolute atomic E-state index is 6.22. The lowest BCUT2D eigenvalue weighted by Gasteiger charge is -2.11. The van der Waals surface area contributed by atoms with E-state index in [1.54, 1.807) is 6.33 Å². The third kappa shape index (κ3) is 4.61. The summed E-state index contributed by atoms with van der Waals surface area (Å²) in [7, 11) is 0. The number of aromatic nitrogens is 3. The van der Waals surface area contributed by atoms with E-state index in [4.69, 9.17) is 4.42 Å². The van der Waals surface area contributed by atoms with Crippen LogP contribution >= 0.6 is 0 Å². The second-order valence-electron chi connectivity index (χ2n) is 12.7. The average Bonchev–Trinajstić information content (AvgIpc) is 3.74. The quantitative estimate of drug-likeness (QED) is 0.188. The lowest BCUT2D eigenvalue weighted by atomic mass is 9.96. The van der Waals surface area contributed by atoms with E-state index >= 15 is 0 Å². The van der Waals surface area contributed by atoms with E-state index < -0.39 is 0 Å². The van der Waals surface area contributed by atoms with Crippen LogP contribution in [0.15, 0.2) is 181 Å². The third-order valence-corrected chi connectivity index (χ3v) is 9.75. The minimum absolute atomic E-state index is 0.711. The first-order valence-corrected chi connectivity index (χ1v) is 16.8. The molecule has 3 heterocycles. The van der Waals surface area contributed by atoms with E-state index in [1.807, 2.05) is 24.3 Å². The van der Waals surface area contributed by atoms with Crippen LogP contribution in [0.5, 0.6) is 0 Å². The standard InChI is InChI=1S/C46H29N3O/c1-4-16-41-38(13-1)39-14-2-5-17-42(39)49(41)37-25-23-32(24-26-37)34-10-7-9-33(27-34)30-19-21-31(22-20-30)35-11-8-12-36(28-35)44-46-45(48-29-47-44)40-15-3-6-18-43(40)50-46/h1-29H. The molecule has 0 saturated heterocycles. The van der Waals surface area contributed by atoms with Gasteiger partial charge in [-0.2, -0.15) is 0 Å². The van der Waals surface area contributed by atoms with Crippen molar-refractivity contribution in [1.29, 1.82) is 0 Å². The Balaban J connectivity index is 0.942. The molecular formula is C46H29N3O. The molecule has 0 saturated carbocycles. The number of nitrogens with zero attached hydrogens (tertiary/aromatic N) is 3. The summed E-state index contributed by atoms with van der Waals surface area (Å²) < 4.78 is 8.57. The lowest BCUT2D eigenvalue weighted by molar-refractivity contribution is 0.667. The van der Waals surface area contributed by atoms with Crippen molar-refractivity contribution < 1.29 is 4.42 Å². The van der Waals surface area contributed by atoms with Crippen molar-refractivity contribution in [2.45, 2.75) is 0 Å². The van der Waals surface area contributed by atoms with Crippen LogP contribution in [0.3, 0.4) is 0 Å². The molecule has 0 unspecified atom stereocenters. The van der Waals surface area contributed by atoms with Gasteiger partial charge in [-0.3, -0.25) is 0 Å². The minimum atomic E-state index is 0.711. The molecule has 0 aliphatic rings. The highest BCUT2D eigenvalue weighted by molar-refractivity contribution is 6.09. The molecule has 0 bridgehead atoms. The number of hydrogen-bond acceptors (Lipinski definition) is 3. The zero-order valence-electron chi connectivity index (χ0n) is 27.0. The molecule has 4 heteroatoms. The molecule has 0 aliphatic carbocycles. The topological polar surface area (TPSA) is 43.9 Å². The van der Waals surface area contributed by atoms with Gasteiger partial charge in [-0.1, -0.05) is 121 Å². The van der Waals surface area contributed by atoms with Gasteiger partial charge in [0.1, 0.15) is 23.1 Å². The molecule has 10 rings (SSSR count). The van der Waals surface area contributed by atoms with E-state index in [1.165, 1.54) is 44.1 Å². The number of benzene rings is 7. The molecule has 3 aromatic heterocycles. The van der Waals surface area contributed by atoms with Crippen LogP contribution in [0.2, 0.25) is 0 Å². The Morgan fingerprint density at radius 3 is 1.52 bits per heavy atom. The zero-order valence-corrected chi connectivity index (χ0v) is 27.0. The van der Waals surface area contributed by atoms with Crippen LogP contribution in [0.25, 0.3) is 94.2 Å². The van der Waals surface area contributed by atoms with Gasteiger partial charge in [-0.05, 0) is 81.9 Å². The number of fused-ring (bicyclic) bond motifs is 6. The van der Waals surface area contributed by atoms with Crippen LogP contribution in [-0.4, -0.2) is 14.5 Å². The normalized spacial score (nSPS) is 11.6. The van der Waals surface area contributed by atoms with Crippen molar-refractivity contribution in [3.63, 3.8) is 0 Å². The van der Waals surface area contributed by atoms with Crippen LogP contribution < -0.4 is 0 Å². The third-order valence-electron chi connectivity index (χ3n) is 9.75. The van der Waals surface area contributed by atoms with Crippen molar-refractivity contribution in [2.75, 3.05) is 0 Å². The fraction of sp³-hybridized carbons (Fsp3) is 0. The number of rotatable bonds is 5. The lowest BCUT2D eigenvalue weighted by Crippen LogP contribution is -1.93. The monoisotopic (exact) mass is 639 g/mol. The zero-order chi connectivity index (χ0) is 33.0. The molecule has 0 aliphatic heterocycles. The van der Waals surface area contributed by atoms with Gasteiger partial charge < -0.3 is 8.98 Å². The Labute approximate surface area is 288 Å². The number of para-hydroxylation sites is 3. The first kappa shape index (κ1) is 28.3. The molecule has 0 radical (unpaired) electrons. The molecule has 0 amide bonds. The maximum Gasteiger partial charge on any atom is 0.180 e. The van der Waals surface area contributed by atoms with Crippen molar-refractivity contribution in [3.8, 4) is 50.3 Å². The summed E-state index contributed by atoms with van der Waals surface area (Å²) in [4.78, 5) is 9.16. The second kappa shape index (κ2) is 11.4. The summed E-state index contributed by atoms with van der Waals surface area (Å²) in [5.41, 5.74) is 14.7. The first-order valence-electron chi connectivity index (χ1n) is 16.8. The van der Waals surface area contributed by atoms with Gasteiger partial charge in [0.2, 0.25) is 0 Å². The van der Waals surface area contributed by atoms with Crippen LogP contribution in [0.4, 0.5) is 0 Å². The van der Waals surface area contributed by atoms with Crippen LogP contribution in [0, 0.1) is 0 Å². The smallest absolute Gasteiger partial charge is 0.180 e. The highest BCUT2D eigenvalue weighted by Gasteiger charge is 2.15. The first-order chi connectivity index (χ1) is 24.8. The van der Waals surface area contributed by atoms with Gasteiger partial charge in [0, 0.05) is 27.4 Å². The Bertz CT molecular complexity index is 2810. The molecule has 7 aromatic carbocycles. The Morgan fingerprint density at radius 1 is 0.400 bits per heavy atom. The number of hydrogen-bond donors (Lipinski definition) is 0. The largest absolute Gasteiger partial charge is 0.452 e. The highest BCUT2D eigenvalue weighted by Crippen LogP contribution is 2.36. The maximum atomic E-state index is 6.22. The van der Waals surface area contributed by atoms with E-state index in [2.05, 4.69) is 160 Å². The average molecular weight is 640 g/mol. The molecule has 4 nitrogen and oxygen atoms in total. The Kier molecular flexibility index (Phi) is 6.46. The molecule has 0 spiro atoms.